The summed E-state index contributed by atoms with van der Waals surface area (Å²) in [6.07, 6.45) is 0. The molecule has 2 aromatic rings. The van der Waals surface area contributed by atoms with Gasteiger partial charge in [0.15, 0.2) is 0 Å². The van der Waals surface area contributed by atoms with Gasteiger partial charge in [-0.15, -0.1) is 0 Å². The molecule has 0 bridgehead atoms. The summed E-state index contributed by atoms with van der Waals surface area (Å²) in [5, 5.41) is 0. The Balaban J connectivity index is 2.20. The van der Waals surface area contributed by atoms with Gasteiger partial charge in [0.2, 0.25) is 11.5 Å². The quantitative estimate of drug-likeness (QED) is 0.800. The topological polar surface area (TPSA) is 78.9 Å². The third kappa shape index (κ3) is 2.59. The van der Waals surface area contributed by atoms with Gasteiger partial charge < -0.3 is 18.3 Å². The highest BCUT2D eigenvalue weighted by atomic mass is 16.5. The first-order valence-electron chi connectivity index (χ1n) is 5.93. The van der Waals surface area contributed by atoms with E-state index in [0.717, 1.165) is 0 Å². The van der Waals surface area contributed by atoms with E-state index in [0.29, 0.717) is 11.5 Å². The van der Waals surface area contributed by atoms with Crippen molar-refractivity contribution in [3.05, 3.63) is 47.3 Å². The highest BCUT2D eigenvalue weighted by molar-refractivity contribution is 5.86. The van der Waals surface area contributed by atoms with Crippen LogP contribution >= 0.6 is 0 Å². The normalized spacial score (nSPS) is 10.6. The van der Waals surface area contributed by atoms with Crippen LogP contribution in [0.5, 0.6) is 0 Å². The van der Waals surface area contributed by atoms with Crippen LogP contribution in [0.2, 0.25) is 0 Å². The maximum absolute atomic E-state index is 11.3. The summed E-state index contributed by atoms with van der Waals surface area (Å²) in [6, 6.07) is 6.39. The van der Waals surface area contributed by atoms with E-state index < -0.39 is 11.9 Å². The second kappa shape index (κ2) is 5.64. The summed E-state index contributed by atoms with van der Waals surface area (Å²) < 4.78 is 19.9. The fourth-order valence-electron chi connectivity index (χ4n) is 1.73. The number of carbonyl (C=O) groups is 2. The van der Waals surface area contributed by atoms with E-state index in [9.17, 15) is 9.59 Å². The van der Waals surface area contributed by atoms with Crippen molar-refractivity contribution < 1.29 is 27.9 Å². The van der Waals surface area contributed by atoms with E-state index in [-0.39, 0.29) is 17.4 Å². The molecule has 0 atom stereocenters. The second-order valence-corrected chi connectivity index (χ2v) is 4.11. The lowest BCUT2D eigenvalue weighted by Crippen LogP contribution is -1.99. The van der Waals surface area contributed by atoms with Gasteiger partial charge in [-0.1, -0.05) is 0 Å². The van der Waals surface area contributed by atoms with Gasteiger partial charge in [0.05, 0.1) is 20.1 Å². The Labute approximate surface area is 115 Å². The van der Waals surface area contributed by atoms with Crippen molar-refractivity contribution in [2.24, 2.45) is 0 Å². The molecular weight excluding hydrogens is 264 g/mol. The van der Waals surface area contributed by atoms with Gasteiger partial charge in [-0.2, -0.15) is 0 Å². The molecule has 106 valence electrons. The molecule has 0 fully saturated rings. The third-order valence-corrected chi connectivity index (χ3v) is 2.88. The molecule has 6 heteroatoms. The fourth-order valence-corrected chi connectivity index (χ4v) is 1.73. The summed E-state index contributed by atoms with van der Waals surface area (Å²) in [6.45, 7) is 1.83. The zero-order valence-electron chi connectivity index (χ0n) is 11.3. The average molecular weight is 278 g/mol. The summed E-state index contributed by atoms with van der Waals surface area (Å²) in [5.41, 5.74) is 0. The standard InChI is InChI=1S/C14H14O6/c1-8(9-4-6-11(19-9)13(15)17-2)10-5-7-12(20-10)14(16)18-3/h4-8H,1-3H3. The average Bonchev–Trinajstić information content (AvgIpc) is 3.13. The van der Waals surface area contributed by atoms with Crippen LogP contribution in [0.25, 0.3) is 0 Å². The maximum Gasteiger partial charge on any atom is 0.373 e. The van der Waals surface area contributed by atoms with Gasteiger partial charge in [0.1, 0.15) is 11.5 Å². The molecule has 0 N–H and O–H groups in total. The third-order valence-electron chi connectivity index (χ3n) is 2.88. The summed E-state index contributed by atoms with van der Waals surface area (Å²) >= 11 is 0. The fraction of sp³-hybridized carbons (Fsp3) is 0.286. The molecule has 0 aliphatic heterocycles. The number of hydrogen-bond acceptors (Lipinski definition) is 6. The van der Waals surface area contributed by atoms with E-state index >= 15 is 0 Å². The van der Waals surface area contributed by atoms with E-state index in [4.69, 9.17) is 8.83 Å². The number of methoxy groups -OCH3 is 2. The van der Waals surface area contributed by atoms with E-state index in [1.165, 1.54) is 26.4 Å². The first-order valence-corrected chi connectivity index (χ1v) is 5.93. The molecule has 6 nitrogen and oxygen atoms in total. The molecule has 0 saturated carbocycles. The first-order chi connectivity index (χ1) is 9.56. The van der Waals surface area contributed by atoms with Crippen molar-refractivity contribution in [3.63, 3.8) is 0 Å². The number of furan rings is 2. The number of carbonyl (C=O) groups excluding carboxylic acids is 2. The predicted octanol–water partition coefficient (Wildman–Crippen LogP) is 2.60. The van der Waals surface area contributed by atoms with Crippen LogP contribution in [0, 0.1) is 0 Å². The van der Waals surface area contributed by atoms with Gasteiger partial charge in [-0.05, 0) is 31.2 Å². The van der Waals surface area contributed by atoms with Crippen LogP contribution in [-0.4, -0.2) is 26.2 Å². The summed E-state index contributed by atoms with van der Waals surface area (Å²) in [7, 11) is 2.56. The molecule has 2 aromatic heterocycles. The maximum atomic E-state index is 11.3. The van der Waals surface area contributed by atoms with Gasteiger partial charge in [0.25, 0.3) is 0 Å². The molecule has 0 radical (unpaired) electrons. The molecule has 0 aromatic carbocycles. The number of esters is 2. The Morgan fingerprint density at radius 3 is 1.65 bits per heavy atom. The number of hydrogen-bond donors (Lipinski definition) is 0. The van der Waals surface area contributed by atoms with Crippen LogP contribution in [0.15, 0.2) is 33.1 Å². The van der Waals surface area contributed by atoms with Gasteiger partial charge in [0, 0.05) is 0 Å². The molecule has 2 heterocycles. The van der Waals surface area contributed by atoms with Crippen molar-refractivity contribution in [1.82, 2.24) is 0 Å². The molecule has 2 rings (SSSR count). The molecule has 20 heavy (non-hydrogen) atoms. The highest BCUT2D eigenvalue weighted by Gasteiger charge is 2.21. The lowest BCUT2D eigenvalue weighted by atomic mass is 10.1. The van der Waals surface area contributed by atoms with E-state index in [2.05, 4.69) is 9.47 Å². The second-order valence-electron chi connectivity index (χ2n) is 4.11. The van der Waals surface area contributed by atoms with Crippen molar-refractivity contribution in [1.29, 1.82) is 0 Å². The molecule has 0 amide bonds. The van der Waals surface area contributed by atoms with Crippen LogP contribution in [0.3, 0.4) is 0 Å². The molecule has 0 spiro atoms. The molecular formula is C14H14O6. The predicted molar refractivity (Wildman–Crippen MR) is 67.6 cm³/mol. The SMILES string of the molecule is COC(=O)c1ccc(C(C)c2ccc(C(=O)OC)o2)o1. The van der Waals surface area contributed by atoms with Gasteiger partial charge in [-0.3, -0.25) is 0 Å². The molecule has 0 unspecified atom stereocenters. The largest absolute Gasteiger partial charge is 0.463 e. The first kappa shape index (κ1) is 13.9. The van der Waals surface area contributed by atoms with Crippen LogP contribution in [-0.2, 0) is 9.47 Å². The lowest BCUT2D eigenvalue weighted by Gasteiger charge is -2.04. The Bertz CT molecular complexity index is 567. The minimum Gasteiger partial charge on any atom is -0.463 e. The van der Waals surface area contributed by atoms with Crippen molar-refractivity contribution >= 4 is 11.9 Å². The van der Waals surface area contributed by atoms with Gasteiger partial charge >= 0.3 is 11.9 Å². The van der Waals surface area contributed by atoms with Crippen LogP contribution in [0.1, 0.15) is 45.5 Å². The minimum atomic E-state index is -0.543. The lowest BCUT2D eigenvalue weighted by molar-refractivity contribution is 0.0558. The van der Waals surface area contributed by atoms with Crippen molar-refractivity contribution in [3.8, 4) is 0 Å². The highest BCUT2D eigenvalue weighted by Crippen LogP contribution is 2.27. The van der Waals surface area contributed by atoms with Gasteiger partial charge in [-0.25, -0.2) is 9.59 Å². The Morgan fingerprint density at radius 1 is 0.900 bits per heavy atom. The Morgan fingerprint density at radius 2 is 1.30 bits per heavy atom. The Hall–Kier alpha value is -2.50. The van der Waals surface area contributed by atoms with Crippen molar-refractivity contribution in [2.75, 3.05) is 14.2 Å². The van der Waals surface area contributed by atoms with Crippen LogP contribution in [0.4, 0.5) is 0 Å². The number of rotatable bonds is 4. The summed E-state index contributed by atoms with van der Waals surface area (Å²) in [4.78, 5) is 22.6. The molecule has 0 saturated heterocycles. The van der Waals surface area contributed by atoms with E-state index in [1.807, 2.05) is 6.92 Å². The molecule has 0 aliphatic rings. The zero-order chi connectivity index (χ0) is 14.7. The van der Waals surface area contributed by atoms with Crippen molar-refractivity contribution in [2.45, 2.75) is 12.8 Å². The smallest absolute Gasteiger partial charge is 0.373 e. The summed E-state index contributed by atoms with van der Waals surface area (Å²) in [5.74, 6) is -0.0152. The number of ether oxygens (including phenoxy) is 2. The van der Waals surface area contributed by atoms with Crippen LogP contribution < -0.4 is 0 Å². The van der Waals surface area contributed by atoms with E-state index in [1.54, 1.807) is 12.1 Å². The Kier molecular flexibility index (Phi) is 3.93. The molecule has 0 aliphatic carbocycles. The monoisotopic (exact) mass is 278 g/mol. The minimum absolute atomic E-state index is 0.120. The zero-order valence-corrected chi connectivity index (χ0v) is 11.3.